The summed E-state index contributed by atoms with van der Waals surface area (Å²) in [6.45, 7) is 7.97. The number of nitriles is 1. The van der Waals surface area contributed by atoms with E-state index in [1.54, 1.807) is 12.1 Å². The minimum absolute atomic E-state index is 0.256. The quantitative estimate of drug-likeness (QED) is 0.587. The summed E-state index contributed by atoms with van der Waals surface area (Å²) in [5.74, 6) is 0.113. The van der Waals surface area contributed by atoms with E-state index >= 15 is 0 Å². The molecule has 0 spiro atoms. The molecule has 0 saturated heterocycles. The summed E-state index contributed by atoms with van der Waals surface area (Å²) in [5.41, 5.74) is 5.04. The SMILES string of the molecule is C/C=C\c1c(C)c(-c2ccc(OC(F)(F)F)cc2)cc(CC(C)C)c1C#N. The van der Waals surface area contributed by atoms with Crippen LogP contribution in [-0.4, -0.2) is 6.36 Å². The normalized spacial score (nSPS) is 11.8. The summed E-state index contributed by atoms with van der Waals surface area (Å²) in [7, 11) is 0. The Hall–Kier alpha value is -2.74. The second-order valence-electron chi connectivity index (χ2n) is 6.78. The van der Waals surface area contributed by atoms with E-state index in [0.717, 1.165) is 34.2 Å². The smallest absolute Gasteiger partial charge is 0.406 e. The van der Waals surface area contributed by atoms with Crippen molar-refractivity contribution in [3.05, 3.63) is 58.7 Å². The third kappa shape index (κ3) is 5.13. The summed E-state index contributed by atoms with van der Waals surface area (Å²) < 4.78 is 41.0. The molecule has 0 saturated carbocycles. The molecule has 0 amide bonds. The van der Waals surface area contributed by atoms with E-state index in [-0.39, 0.29) is 5.75 Å². The van der Waals surface area contributed by atoms with Gasteiger partial charge in [0.15, 0.2) is 0 Å². The van der Waals surface area contributed by atoms with Crippen LogP contribution in [0, 0.1) is 24.2 Å². The average Bonchev–Trinajstić information content (AvgIpc) is 2.57. The highest BCUT2D eigenvalue weighted by atomic mass is 19.4. The zero-order valence-corrected chi connectivity index (χ0v) is 15.8. The Balaban J connectivity index is 2.59. The molecule has 5 heteroatoms. The minimum atomic E-state index is -4.71. The predicted molar refractivity (Wildman–Crippen MR) is 101 cm³/mol. The first kappa shape index (κ1) is 20.6. The lowest BCUT2D eigenvalue weighted by atomic mass is 9.86. The zero-order valence-electron chi connectivity index (χ0n) is 15.8. The van der Waals surface area contributed by atoms with E-state index in [1.807, 2.05) is 32.1 Å². The summed E-state index contributed by atoms with van der Waals surface area (Å²) in [5, 5.41) is 9.66. The van der Waals surface area contributed by atoms with Crippen LogP contribution in [0.3, 0.4) is 0 Å². The van der Waals surface area contributed by atoms with Crippen LogP contribution < -0.4 is 4.74 Å². The Bertz CT molecular complexity index is 872. The largest absolute Gasteiger partial charge is 0.573 e. The molecule has 0 aromatic heterocycles. The van der Waals surface area contributed by atoms with Crippen LogP contribution in [0.5, 0.6) is 5.75 Å². The first-order valence-corrected chi connectivity index (χ1v) is 8.71. The van der Waals surface area contributed by atoms with Crippen molar-refractivity contribution >= 4 is 6.08 Å². The van der Waals surface area contributed by atoms with Crippen LogP contribution in [0.2, 0.25) is 0 Å². The van der Waals surface area contributed by atoms with Crippen LogP contribution in [0.4, 0.5) is 13.2 Å². The highest BCUT2D eigenvalue weighted by molar-refractivity contribution is 5.77. The minimum Gasteiger partial charge on any atom is -0.406 e. The lowest BCUT2D eigenvalue weighted by Crippen LogP contribution is -2.16. The van der Waals surface area contributed by atoms with Gasteiger partial charge in [0.05, 0.1) is 5.56 Å². The number of ether oxygens (including phenoxy) is 1. The van der Waals surface area contributed by atoms with Crippen molar-refractivity contribution in [3.63, 3.8) is 0 Å². The molecule has 2 rings (SSSR count). The molecule has 27 heavy (non-hydrogen) atoms. The van der Waals surface area contributed by atoms with E-state index in [2.05, 4.69) is 24.7 Å². The summed E-state index contributed by atoms with van der Waals surface area (Å²) in [6.07, 6.45) is -0.180. The first-order valence-electron chi connectivity index (χ1n) is 8.71. The van der Waals surface area contributed by atoms with Crippen molar-refractivity contribution < 1.29 is 17.9 Å². The number of allylic oxidation sites excluding steroid dienone is 1. The van der Waals surface area contributed by atoms with Crippen LogP contribution >= 0.6 is 0 Å². The summed E-state index contributed by atoms with van der Waals surface area (Å²) in [4.78, 5) is 0. The van der Waals surface area contributed by atoms with Gasteiger partial charge in [0.25, 0.3) is 0 Å². The maximum atomic E-state index is 12.4. The number of benzene rings is 2. The Labute approximate surface area is 157 Å². The number of hydrogen-bond donors (Lipinski definition) is 0. The molecule has 142 valence electrons. The molecular formula is C22H22F3NO. The number of rotatable bonds is 5. The summed E-state index contributed by atoms with van der Waals surface area (Å²) in [6, 6.07) is 10.1. The molecule has 0 aliphatic rings. The second-order valence-corrected chi connectivity index (χ2v) is 6.78. The van der Waals surface area contributed by atoms with E-state index in [9.17, 15) is 18.4 Å². The Morgan fingerprint density at radius 2 is 1.81 bits per heavy atom. The van der Waals surface area contributed by atoms with Gasteiger partial charge in [-0.3, -0.25) is 0 Å². The van der Waals surface area contributed by atoms with Crippen molar-refractivity contribution in [3.8, 4) is 22.9 Å². The van der Waals surface area contributed by atoms with Gasteiger partial charge in [-0.1, -0.05) is 38.1 Å². The highest BCUT2D eigenvalue weighted by Crippen LogP contribution is 2.34. The zero-order chi connectivity index (χ0) is 20.2. The maximum Gasteiger partial charge on any atom is 0.573 e. The molecule has 0 unspecified atom stereocenters. The lowest BCUT2D eigenvalue weighted by Gasteiger charge is -2.17. The van der Waals surface area contributed by atoms with Gasteiger partial charge in [-0.05, 0) is 72.2 Å². The molecule has 2 aromatic rings. The van der Waals surface area contributed by atoms with Crippen LogP contribution in [0.15, 0.2) is 36.4 Å². The van der Waals surface area contributed by atoms with Gasteiger partial charge in [0.2, 0.25) is 0 Å². The van der Waals surface area contributed by atoms with Crippen molar-refractivity contribution in [1.82, 2.24) is 0 Å². The van der Waals surface area contributed by atoms with Crippen LogP contribution in [0.1, 0.15) is 43.0 Å². The van der Waals surface area contributed by atoms with Gasteiger partial charge in [-0.25, -0.2) is 0 Å². The standard InChI is InChI=1S/C22H22F3NO/c1-5-6-19-15(4)20(12-17(11-14(2)3)21(19)13-26)16-7-9-18(10-8-16)27-22(23,24)25/h5-10,12,14H,11H2,1-4H3/b6-5-. The average molecular weight is 373 g/mol. The third-order valence-corrected chi connectivity index (χ3v) is 4.19. The molecule has 0 atom stereocenters. The van der Waals surface area contributed by atoms with Gasteiger partial charge in [0.1, 0.15) is 11.8 Å². The monoisotopic (exact) mass is 373 g/mol. The van der Waals surface area contributed by atoms with E-state index in [1.165, 1.54) is 12.1 Å². The molecule has 2 nitrogen and oxygen atoms in total. The first-order chi connectivity index (χ1) is 12.7. The lowest BCUT2D eigenvalue weighted by molar-refractivity contribution is -0.274. The Morgan fingerprint density at radius 3 is 2.30 bits per heavy atom. The second kappa shape index (κ2) is 8.30. The topological polar surface area (TPSA) is 33.0 Å². The molecule has 0 fully saturated rings. The van der Waals surface area contributed by atoms with Gasteiger partial charge in [-0.15, -0.1) is 13.2 Å². The molecule has 0 N–H and O–H groups in total. The van der Waals surface area contributed by atoms with Crippen molar-refractivity contribution in [2.75, 3.05) is 0 Å². The number of hydrogen-bond acceptors (Lipinski definition) is 2. The number of alkyl halides is 3. The van der Waals surface area contributed by atoms with Gasteiger partial charge in [-0.2, -0.15) is 5.26 Å². The Kier molecular flexibility index (Phi) is 6.32. The fourth-order valence-corrected chi connectivity index (χ4v) is 3.10. The van der Waals surface area contributed by atoms with Crippen molar-refractivity contribution in [2.24, 2.45) is 5.92 Å². The molecule has 0 aliphatic carbocycles. The molecular weight excluding hydrogens is 351 g/mol. The van der Waals surface area contributed by atoms with Crippen LogP contribution in [-0.2, 0) is 6.42 Å². The molecule has 2 aromatic carbocycles. The van der Waals surface area contributed by atoms with Crippen LogP contribution in [0.25, 0.3) is 17.2 Å². The third-order valence-electron chi connectivity index (χ3n) is 4.19. The van der Waals surface area contributed by atoms with Crippen molar-refractivity contribution in [2.45, 2.75) is 40.5 Å². The molecule has 0 bridgehead atoms. The predicted octanol–water partition coefficient (Wildman–Crippen LogP) is 6.66. The molecule has 0 aliphatic heterocycles. The number of halogens is 3. The number of nitrogens with zero attached hydrogens (tertiary/aromatic N) is 1. The van der Waals surface area contributed by atoms with Crippen molar-refractivity contribution in [1.29, 1.82) is 5.26 Å². The van der Waals surface area contributed by atoms with E-state index in [4.69, 9.17) is 0 Å². The van der Waals surface area contributed by atoms with Gasteiger partial charge in [0, 0.05) is 0 Å². The fraction of sp³-hybridized carbons (Fsp3) is 0.318. The Morgan fingerprint density at radius 1 is 1.19 bits per heavy atom. The van der Waals surface area contributed by atoms with Gasteiger partial charge < -0.3 is 4.74 Å². The van der Waals surface area contributed by atoms with E-state index < -0.39 is 6.36 Å². The fourth-order valence-electron chi connectivity index (χ4n) is 3.10. The highest BCUT2D eigenvalue weighted by Gasteiger charge is 2.31. The maximum absolute atomic E-state index is 12.4. The summed E-state index contributed by atoms with van der Waals surface area (Å²) >= 11 is 0. The van der Waals surface area contributed by atoms with Gasteiger partial charge >= 0.3 is 6.36 Å². The molecule has 0 radical (unpaired) electrons. The molecule has 0 heterocycles. The van der Waals surface area contributed by atoms with E-state index in [0.29, 0.717) is 11.5 Å².